The van der Waals surface area contributed by atoms with Crippen LogP contribution in [0.5, 0.6) is 0 Å². The lowest BCUT2D eigenvalue weighted by Gasteiger charge is -2.13. The highest BCUT2D eigenvalue weighted by atomic mass is 19.4. The van der Waals surface area contributed by atoms with Gasteiger partial charge in [-0.1, -0.05) is 97.1 Å². The number of aryl methyl sites for hydroxylation is 2. The van der Waals surface area contributed by atoms with Gasteiger partial charge in [-0.25, -0.2) is 9.97 Å². The van der Waals surface area contributed by atoms with Crippen molar-refractivity contribution in [1.82, 2.24) is 19.9 Å². The monoisotopic (exact) mass is 1030 g/mol. The van der Waals surface area contributed by atoms with Gasteiger partial charge in [0.25, 0.3) is 0 Å². The van der Waals surface area contributed by atoms with E-state index in [0.717, 1.165) is 90.7 Å². The fourth-order valence-corrected chi connectivity index (χ4v) is 10.5. The summed E-state index contributed by atoms with van der Waals surface area (Å²) in [6.45, 7) is 3.29. The number of aromatic nitrogens is 4. The summed E-state index contributed by atoms with van der Waals surface area (Å²) in [5.74, 6) is 0. The molecule has 0 radical (unpaired) electrons. The fraction of sp³-hybridized carbons (Fsp3) is 0.0606. The van der Waals surface area contributed by atoms with Crippen LogP contribution in [0.25, 0.3) is 134 Å². The van der Waals surface area contributed by atoms with Crippen LogP contribution in [-0.2, 0) is 12.4 Å². The minimum atomic E-state index is -4.48. The zero-order valence-corrected chi connectivity index (χ0v) is 41.5. The van der Waals surface area contributed by atoms with Crippen molar-refractivity contribution >= 4 is 44.1 Å². The summed E-state index contributed by atoms with van der Waals surface area (Å²) in [5.41, 5.74) is 15.2. The molecule has 13 aromatic rings. The Kier molecular flexibility index (Phi) is 11.4. The van der Waals surface area contributed by atoms with Gasteiger partial charge < -0.3 is 8.83 Å². The number of hydrogen-bond acceptors (Lipinski definition) is 6. The first-order chi connectivity index (χ1) is 37.7. The van der Waals surface area contributed by atoms with E-state index in [9.17, 15) is 26.3 Å². The number of furan rings is 2. The lowest BCUT2D eigenvalue weighted by atomic mass is 9.95. The molecule has 0 aliphatic heterocycles. The Balaban J connectivity index is 0.803. The van der Waals surface area contributed by atoms with Gasteiger partial charge in [0, 0.05) is 56.5 Å². The van der Waals surface area contributed by atoms with Crippen LogP contribution in [0.3, 0.4) is 0 Å². The summed E-state index contributed by atoms with van der Waals surface area (Å²) in [6.07, 6.45) is -5.42. The number of nitrogens with zero attached hydrogens (tertiary/aromatic N) is 4. The molecule has 13 rings (SSSR count). The zero-order valence-electron chi connectivity index (χ0n) is 41.5. The molecule has 6 heterocycles. The molecule has 0 saturated heterocycles. The topological polar surface area (TPSA) is 77.8 Å². The van der Waals surface area contributed by atoms with Crippen molar-refractivity contribution in [2.45, 2.75) is 26.2 Å². The van der Waals surface area contributed by atoms with Gasteiger partial charge in [0.05, 0.1) is 33.9 Å². The molecular weight excluding hydrogens is 995 g/mol. The van der Waals surface area contributed by atoms with E-state index in [1.165, 1.54) is 0 Å². The Bertz CT molecular complexity index is 4230. The van der Waals surface area contributed by atoms with E-state index in [1.54, 1.807) is 50.5 Å². The van der Waals surface area contributed by atoms with Crippen molar-refractivity contribution in [2.75, 3.05) is 0 Å². The minimum absolute atomic E-state index is 0.388. The first-order valence-electron chi connectivity index (χ1n) is 25.0. The molecule has 0 fully saturated rings. The highest BCUT2D eigenvalue weighted by Crippen LogP contribution is 2.43. The van der Waals surface area contributed by atoms with E-state index in [4.69, 9.17) is 28.8 Å². The summed E-state index contributed by atoms with van der Waals surface area (Å²) in [5, 5.41) is 1.64. The Morgan fingerprint density at radius 1 is 0.333 bits per heavy atom. The number of pyridine rings is 4. The predicted octanol–water partition coefficient (Wildman–Crippen LogP) is 19.1. The number of halogens is 6. The molecule has 0 amide bonds. The third-order valence-electron chi connectivity index (χ3n) is 14.1. The lowest BCUT2D eigenvalue weighted by molar-refractivity contribution is -0.138. The van der Waals surface area contributed by atoms with Crippen molar-refractivity contribution in [3.8, 4) is 89.5 Å². The van der Waals surface area contributed by atoms with Crippen LogP contribution in [0.15, 0.2) is 215 Å². The second-order valence-electron chi connectivity index (χ2n) is 19.4. The summed E-state index contributed by atoms with van der Waals surface area (Å²) in [4.78, 5) is 19.3. The Hall–Kier alpha value is -9.68. The predicted molar refractivity (Wildman–Crippen MR) is 295 cm³/mol. The SMILES string of the molecule is Cc1cc(-c2cccc(-c3ccccc3-c3ccc4oc5c(-c6ccc(-c7ccnc8c7oc7ccc(-c9ccccc9-c9cccc(-c%10cc(C)cc(C(F)(F)F)c%10)n9)cc78)cc6)ccnc5c4c3)n2)cc(C(F)(F)F)c1. The van der Waals surface area contributed by atoms with Crippen LogP contribution in [0.2, 0.25) is 0 Å². The molecule has 6 aromatic heterocycles. The van der Waals surface area contributed by atoms with Gasteiger partial charge in [-0.3, -0.25) is 9.97 Å². The maximum atomic E-state index is 13.8. The molecule has 78 heavy (non-hydrogen) atoms. The average molecular weight is 1040 g/mol. The van der Waals surface area contributed by atoms with E-state index >= 15 is 0 Å². The van der Waals surface area contributed by atoms with Crippen LogP contribution < -0.4 is 0 Å². The van der Waals surface area contributed by atoms with E-state index in [1.807, 2.05) is 146 Å². The van der Waals surface area contributed by atoms with Crippen molar-refractivity contribution in [3.05, 3.63) is 229 Å². The summed E-state index contributed by atoms with van der Waals surface area (Å²) < 4.78 is 95.8. The molecular formula is C66H40F6N4O2. The maximum absolute atomic E-state index is 13.8. The normalized spacial score (nSPS) is 12.1. The standard InChI is InChI=1S/C66H40F6N4O2/c1-37-29-43(33-45(31-37)65(67,68)69)55-13-7-15-57(75-55)51-11-5-3-9-47(51)41-21-23-59-53(35-41)61-63(77-59)49(25-27-73-61)39-17-19-40(20-18-39)50-26-28-74-62-54-36-42(22-24-60(54)78-64(50)62)48-10-4-6-12-52(48)58-16-8-14-56(76-58)44-30-38(2)32-46(34-44)66(70,71)72/h3-36H,1-2H3. The molecule has 6 nitrogen and oxygen atoms in total. The van der Waals surface area contributed by atoms with Crippen molar-refractivity contribution in [3.63, 3.8) is 0 Å². The van der Waals surface area contributed by atoms with E-state index < -0.39 is 23.5 Å². The summed E-state index contributed by atoms with van der Waals surface area (Å²) in [7, 11) is 0. The number of benzene rings is 7. The lowest BCUT2D eigenvalue weighted by Crippen LogP contribution is -2.05. The molecule has 0 N–H and O–H groups in total. The Morgan fingerprint density at radius 2 is 0.718 bits per heavy atom. The van der Waals surface area contributed by atoms with Gasteiger partial charge >= 0.3 is 12.4 Å². The molecule has 0 aliphatic carbocycles. The first-order valence-corrected chi connectivity index (χ1v) is 25.0. The largest absolute Gasteiger partial charge is 0.454 e. The number of hydrogen-bond donors (Lipinski definition) is 0. The van der Waals surface area contributed by atoms with Crippen LogP contribution in [0.1, 0.15) is 22.3 Å². The molecule has 0 spiro atoms. The van der Waals surface area contributed by atoms with Crippen LogP contribution >= 0.6 is 0 Å². The van der Waals surface area contributed by atoms with E-state index in [0.29, 0.717) is 78.4 Å². The van der Waals surface area contributed by atoms with Gasteiger partial charge in [0.2, 0.25) is 0 Å². The van der Waals surface area contributed by atoms with Gasteiger partial charge in [-0.2, -0.15) is 26.3 Å². The highest BCUT2D eigenvalue weighted by Gasteiger charge is 2.32. The molecule has 7 aromatic carbocycles. The maximum Gasteiger partial charge on any atom is 0.416 e. The first kappa shape index (κ1) is 48.0. The fourth-order valence-electron chi connectivity index (χ4n) is 10.5. The van der Waals surface area contributed by atoms with Crippen LogP contribution in [0, 0.1) is 13.8 Å². The van der Waals surface area contributed by atoms with E-state index in [-0.39, 0.29) is 0 Å². The van der Waals surface area contributed by atoms with Gasteiger partial charge in [0.1, 0.15) is 22.2 Å². The average Bonchev–Trinajstić information content (AvgIpc) is 4.04. The van der Waals surface area contributed by atoms with Crippen LogP contribution in [-0.4, -0.2) is 19.9 Å². The molecule has 0 unspecified atom stereocenters. The van der Waals surface area contributed by atoms with Gasteiger partial charge in [0.15, 0.2) is 11.2 Å². The van der Waals surface area contributed by atoms with Gasteiger partial charge in [-0.05, 0) is 155 Å². The smallest absolute Gasteiger partial charge is 0.416 e. The molecule has 378 valence electrons. The molecule has 12 heteroatoms. The van der Waals surface area contributed by atoms with Crippen molar-refractivity contribution in [1.29, 1.82) is 0 Å². The Morgan fingerprint density at radius 3 is 1.13 bits per heavy atom. The second kappa shape index (κ2) is 18.6. The number of fused-ring (bicyclic) bond motifs is 6. The second-order valence-corrected chi connectivity index (χ2v) is 19.4. The number of rotatable bonds is 8. The van der Waals surface area contributed by atoms with Crippen LogP contribution in [0.4, 0.5) is 26.3 Å². The highest BCUT2D eigenvalue weighted by molar-refractivity contribution is 6.10. The third kappa shape index (κ3) is 8.70. The molecule has 0 atom stereocenters. The molecule has 0 saturated carbocycles. The van der Waals surface area contributed by atoms with Crippen molar-refractivity contribution < 1.29 is 35.2 Å². The molecule has 0 bridgehead atoms. The van der Waals surface area contributed by atoms with Crippen molar-refractivity contribution in [2.24, 2.45) is 0 Å². The third-order valence-corrected chi connectivity index (χ3v) is 14.1. The summed E-state index contributed by atoms with van der Waals surface area (Å²) in [6, 6.07) is 58.4. The number of alkyl halides is 6. The zero-order chi connectivity index (χ0) is 53.5. The molecule has 0 aliphatic rings. The Labute approximate surface area is 442 Å². The summed E-state index contributed by atoms with van der Waals surface area (Å²) >= 11 is 0. The van der Waals surface area contributed by atoms with E-state index in [2.05, 4.69) is 0 Å². The quantitative estimate of drug-likeness (QED) is 0.141. The minimum Gasteiger partial charge on any atom is -0.454 e. The van der Waals surface area contributed by atoms with Gasteiger partial charge in [-0.15, -0.1) is 0 Å².